The van der Waals surface area contributed by atoms with Gasteiger partial charge >= 0.3 is 0 Å². The lowest BCUT2D eigenvalue weighted by Gasteiger charge is -2.09. The van der Waals surface area contributed by atoms with E-state index in [1.165, 1.54) is 5.56 Å². The number of hydrogen-bond donors (Lipinski definition) is 1. The van der Waals surface area contributed by atoms with E-state index in [-0.39, 0.29) is 18.2 Å². The van der Waals surface area contributed by atoms with Gasteiger partial charge < -0.3 is 5.32 Å². The molecule has 0 unspecified atom stereocenters. The van der Waals surface area contributed by atoms with Gasteiger partial charge in [-0.1, -0.05) is 24.3 Å². The second-order valence-corrected chi connectivity index (χ2v) is 3.65. The van der Waals surface area contributed by atoms with Crippen LogP contribution in [0.4, 0.5) is 0 Å². The Bertz CT molecular complexity index is 308. The molecule has 0 bridgehead atoms. The molecule has 0 saturated heterocycles. The number of rotatable bonds is 4. The van der Waals surface area contributed by atoms with Crippen molar-refractivity contribution in [2.45, 2.75) is 26.3 Å². The zero-order valence-corrected chi connectivity index (χ0v) is 10.2. The Hall–Kier alpha value is -0.860. The quantitative estimate of drug-likeness (QED) is 0.801. The van der Waals surface area contributed by atoms with Crippen molar-refractivity contribution in [2.24, 2.45) is 0 Å². The number of ketones is 1. The Kier molecular flexibility index (Phi) is 6.21. The van der Waals surface area contributed by atoms with Crippen LogP contribution in [0.5, 0.6) is 0 Å². The molecule has 15 heavy (non-hydrogen) atoms. The summed E-state index contributed by atoms with van der Waals surface area (Å²) in [6.07, 6.45) is 0.995. The fraction of sp³-hybridized carbons (Fsp3) is 0.417. The molecule has 0 aromatic heterocycles. The van der Waals surface area contributed by atoms with Crippen molar-refractivity contribution in [3.05, 3.63) is 35.4 Å². The average molecular weight is 228 g/mol. The van der Waals surface area contributed by atoms with Gasteiger partial charge in [0.15, 0.2) is 5.78 Å². The SMILES string of the molecule is CN[C@@H](C)Cc1ccc(C(C)=O)cc1.Cl. The van der Waals surface area contributed by atoms with Crippen LogP contribution in [0.15, 0.2) is 24.3 Å². The van der Waals surface area contributed by atoms with Crippen molar-refractivity contribution in [2.75, 3.05) is 7.05 Å². The summed E-state index contributed by atoms with van der Waals surface area (Å²) in [7, 11) is 1.95. The lowest BCUT2D eigenvalue weighted by molar-refractivity contribution is 0.101. The summed E-state index contributed by atoms with van der Waals surface area (Å²) in [5.74, 6) is 0.123. The van der Waals surface area contributed by atoms with Crippen LogP contribution < -0.4 is 5.32 Å². The van der Waals surface area contributed by atoms with Crippen LogP contribution in [-0.4, -0.2) is 18.9 Å². The van der Waals surface area contributed by atoms with Crippen molar-refractivity contribution in [3.63, 3.8) is 0 Å². The number of carbonyl (C=O) groups is 1. The second-order valence-electron chi connectivity index (χ2n) is 3.65. The normalized spacial score (nSPS) is 11.7. The largest absolute Gasteiger partial charge is 0.317 e. The number of carbonyl (C=O) groups excluding carboxylic acids is 1. The maximum absolute atomic E-state index is 11.0. The highest BCUT2D eigenvalue weighted by Gasteiger charge is 2.02. The Morgan fingerprint density at radius 3 is 2.27 bits per heavy atom. The molecule has 1 rings (SSSR count). The molecule has 0 aliphatic rings. The monoisotopic (exact) mass is 227 g/mol. The van der Waals surface area contributed by atoms with Crippen LogP contribution in [0.3, 0.4) is 0 Å². The lowest BCUT2D eigenvalue weighted by Crippen LogP contribution is -2.23. The van der Waals surface area contributed by atoms with E-state index in [0.717, 1.165) is 12.0 Å². The molecule has 0 fully saturated rings. The molecule has 1 N–H and O–H groups in total. The van der Waals surface area contributed by atoms with Gasteiger partial charge in [0.05, 0.1) is 0 Å². The highest BCUT2D eigenvalue weighted by molar-refractivity contribution is 5.93. The molecule has 0 heterocycles. The Morgan fingerprint density at radius 1 is 1.33 bits per heavy atom. The number of Topliss-reactive ketones (excluding diaryl/α,β-unsaturated/α-hetero) is 1. The first-order valence-corrected chi connectivity index (χ1v) is 4.90. The first kappa shape index (κ1) is 14.1. The van der Waals surface area contributed by atoms with Gasteiger partial charge in [-0.3, -0.25) is 4.79 Å². The molecule has 3 heteroatoms. The molecular weight excluding hydrogens is 210 g/mol. The van der Waals surface area contributed by atoms with Gasteiger partial charge in [-0.2, -0.15) is 0 Å². The molecule has 0 aliphatic carbocycles. The summed E-state index contributed by atoms with van der Waals surface area (Å²) in [5, 5.41) is 3.18. The summed E-state index contributed by atoms with van der Waals surface area (Å²) < 4.78 is 0. The number of hydrogen-bond acceptors (Lipinski definition) is 2. The van der Waals surface area contributed by atoms with E-state index in [4.69, 9.17) is 0 Å². The molecule has 1 aromatic carbocycles. The first-order chi connectivity index (χ1) is 6.63. The zero-order valence-electron chi connectivity index (χ0n) is 9.41. The summed E-state index contributed by atoms with van der Waals surface area (Å²) in [6.45, 7) is 3.73. The van der Waals surface area contributed by atoms with Crippen molar-refractivity contribution >= 4 is 18.2 Å². The smallest absolute Gasteiger partial charge is 0.159 e. The van der Waals surface area contributed by atoms with E-state index in [9.17, 15) is 4.79 Å². The van der Waals surface area contributed by atoms with Gasteiger partial charge in [0, 0.05) is 11.6 Å². The number of nitrogens with one attached hydrogen (secondary N) is 1. The van der Waals surface area contributed by atoms with Crippen LogP contribution in [0.25, 0.3) is 0 Å². The van der Waals surface area contributed by atoms with Crippen LogP contribution in [0.1, 0.15) is 29.8 Å². The molecule has 1 aromatic rings. The summed E-state index contributed by atoms with van der Waals surface area (Å²) in [6, 6.07) is 8.29. The minimum absolute atomic E-state index is 0. The van der Waals surface area contributed by atoms with E-state index in [0.29, 0.717) is 6.04 Å². The third-order valence-electron chi connectivity index (χ3n) is 2.40. The van der Waals surface area contributed by atoms with Gasteiger partial charge in [0.25, 0.3) is 0 Å². The van der Waals surface area contributed by atoms with Gasteiger partial charge in [-0.15, -0.1) is 12.4 Å². The molecule has 0 amide bonds. The zero-order chi connectivity index (χ0) is 10.6. The van der Waals surface area contributed by atoms with Crippen LogP contribution in [-0.2, 0) is 6.42 Å². The molecule has 0 spiro atoms. The van der Waals surface area contributed by atoms with Crippen molar-refractivity contribution in [1.82, 2.24) is 5.32 Å². The van der Waals surface area contributed by atoms with Crippen LogP contribution in [0, 0.1) is 0 Å². The fourth-order valence-electron chi connectivity index (χ4n) is 1.33. The van der Waals surface area contributed by atoms with Gasteiger partial charge in [0.2, 0.25) is 0 Å². The Morgan fingerprint density at radius 2 is 1.87 bits per heavy atom. The van der Waals surface area contributed by atoms with Crippen molar-refractivity contribution in [3.8, 4) is 0 Å². The fourth-order valence-corrected chi connectivity index (χ4v) is 1.33. The summed E-state index contributed by atoms with van der Waals surface area (Å²) >= 11 is 0. The maximum atomic E-state index is 11.0. The Labute approximate surface area is 97.5 Å². The van der Waals surface area contributed by atoms with Crippen molar-refractivity contribution in [1.29, 1.82) is 0 Å². The van der Waals surface area contributed by atoms with E-state index in [1.54, 1.807) is 6.92 Å². The summed E-state index contributed by atoms with van der Waals surface area (Å²) in [4.78, 5) is 11.0. The van der Waals surface area contributed by atoms with E-state index in [2.05, 4.69) is 12.2 Å². The maximum Gasteiger partial charge on any atom is 0.159 e. The Balaban J connectivity index is 0.00000196. The number of halogens is 1. The first-order valence-electron chi connectivity index (χ1n) is 4.90. The molecule has 0 aliphatic heterocycles. The van der Waals surface area contributed by atoms with E-state index < -0.39 is 0 Å². The topological polar surface area (TPSA) is 29.1 Å². The predicted molar refractivity (Wildman–Crippen MR) is 65.9 cm³/mol. The standard InChI is InChI=1S/C12H17NO.ClH/c1-9(13-3)8-11-4-6-12(7-5-11)10(2)14;/h4-7,9,13H,8H2,1-3H3;1H/t9-;/m0./s1. The minimum Gasteiger partial charge on any atom is -0.317 e. The number of benzene rings is 1. The third-order valence-corrected chi connectivity index (χ3v) is 2.40. The lowest BCUT2D eigenvalue weighted by atomic mass is 10.0. The minimum atomic E-state index is 0. The van der Waals surface area contributed by atoms with Crippen LogP contribution >= 0.6 is 12.4 Å². The van der Waals surface area contributed by atoms with E-state index in [1.807, 2.05) is 31.3 Å². The highest BCUT2D eigenvalue weighted by Crippen LogP contribution is 2.07. The van der Waals surface area contributed by atoms with Gasteiger partial charge in [-0.05, 0) is 32.9 Å². The molecule has 0 radical (unpaired) electrons. The predicted octanol–water partition coefficient (Wildman–Crippen LogP) is 2.46. The number of likely N-dealkylation sites (N-methyl/N-ethyl adjacent to an activating group) is 1. The molecular formula is C12H18ClNO. The van der Waals surface area contributed by atoms with Crippen LogP contribution in [0.2, 0.25) is 0 Å². The summed E-state index contributed by atoms with van der Waals surface area (Å²) in [5.41, 5.74) is 2.04. The second kappa shape index (κ2) is 6.59. The van der Waals surface area contributed by atoms with Gasteiger partial charge in [-0.25, -0.2) is 0 Å². The highest BCUT2D eigenvalue weighted by atomic mass is 35.5. The van der Waals surface area contributed by atoms with Gasteiger partial charge in [0.1, 0.15) is 0 Å². The van der Waals surface area contributed by atoms with Crippen molar-refractivity contribution < 1.29 is 4.79 Å². The molecule has 1 atom stereocenters. The average Bonchev–Trinajstić information content (AvgIpc) is 2.18. The third kappa shape index (κ3) is 4.45. The van der Waals surface area contributed by atoms with E-state index >= 15 is 0 Å². The molecule has 84 valence electrons. The molecule has 2 nitrogen and oxygen atoms in total. The molecule has 0 saturated carbocycles.